The third-order valence-corrected chi connectivity index (χ3v) is 6.04. The van der Waals surface area contributed by atoms with Crippen LogP contribution in [-0.2, 0) is 11.2 Å². The summed E-state index contributed by atoms with van der Waals surface area (Å²) < 4.78 is 5.45. The van der Waals surface area contributed by atoms with Gasteiger partial charge in [-0.2, -0.15) is 5.10 Å². The fraction of sp³-hybridized carbons (Fsp3) is 0.632. The van der Waals surface area contributed by atoms with Gasteiger partial charge in [0.05, 0.1) is 12.7 Å². The largest absolute Gasteiger partial charge is 0.469 e. The highest BCUT2D eigenvalue weighted by atomic mass is 16.3. The summed E-state index contributed by atoms with van der Waals surface area (Å²) in [6, 6.07) is 1.91. The van der Waals surface area contributed by atoms with Crippen LogP contribution in [0.5, 0.6) is 0 Å². The Morgan fingerprint density at radius 3 is 2.84 bits per heavy atom. The summed E-state index contributed by atoms with van der Waals surface area (Å²) in [7, 11) is 0. The Bertz CT molecular complexity index is 787. The fourth-order valence-electron chi connectivity index (χ4n) is 4.14. The maximum absolute atomic E-state index is 12.8. The summed E-state index contributed by atoms with van der Waals surface area (Å²) in [6.07, 6.45) is 6.99. The molecule has 1 N–H and O–H groups in total. The van der Waals surface area contributed by atoms with E-state index in [0.29, 0.717) is 24.2 Å². The Kier molecular flexibility index (Phi) is 3.47. The molecule has 2 aromatic rings. The van der Waals surface area contributed by atoms with Crippen LogP contribution in [0.3, 0.4) is 0 Å². The number of amides is 1. The molecular formula is C19H24N4O2. The molecule has 0 aromatic carbocycles. The Labute approximate surface area is 147 Å². The van der Waals surface area contributed by atoms with E-state index >= 15 is 0 Å². The molecule has 2 aromatic heterocycles. The van der Waals surface area contributed by atoms with E-state index in [0.717, 1.165) is 42.0 Å². The zero-order valence-corrected chi connectivity index (χ0v) is 14.6. The normalized spacial score (nSPS) is 26.4. The van der Waals surface area contributed by atoms with Crippen LogP contribution in [0.25, 0.3) is 0 Å². The number of H-pyrrole nitrogens is 1. The second-order valence-corrected chi connectivity index (χ2v) is 7.96. The monoisotopic (exact) mass is 340 g/mol. The molecular weight excluding hydrogens is 316 g/mol. The average molecular weight is 340 g/mol. The number of furan rings is 1. The molecule has 0 spiro atoms. The third-order valence-electron chi connectivity index (χ3n) is 6.04. The van der Waals surface area contributed by atoms with Gasteiger partial charge in [-0.25, -0.2) is 4.98 Å². The molecule has 0 radical (unpaired) electrons. The summed E-state index contributed by atoms with van der Waals surface area (Å²) in [5.41, 5.74) is 1.05. The van der Waals surface area contributed by atoms with Crippen LogP contribution in [0.15, 0.2) is 16.7 Å². The van der Waals surface area contributed by atoms with Gasteiger partial charge in [-0.15, -0.1) is 0 Å². The minimum atomic E-state index is 0.160. The second kappa shape index (κ2) is 5.71. The molecule has 3 fully saturated rings. The summed E-state index contributed by atoms with van der Waals surface area (Å²) in [4.78, 5) is 19.6. The molecule has 1 saturated heterocycles. The molecule has 0 bridgehead atoms. The number of nitrogens with zero attached hydrogens (tertiary/aromatic N) is 3. The van der Waals surface area contributed by atoms with Crippen molar-refractivity contribution in [3.8, 4) is 0 Å². The maximum Gasteiger partial charge on any atom is 0.230 e. The van der Waals surface area contributed by atoms with Crippen molar-refractivity contribution in [2.75, 3.05) is 13.1 Å². The molecule has 6 nitrogen and oxygen atoms in total. The quantitative estimate of drug-likeness (QED) is 0.908. The first-order valence-electron chi connectivity index (χ1n) is 9.42. The Balaban J connectivity index is 1.33. The van der Waals surface area contributed by atoms with Gasteiger partial charge in [0, 0.05) is 24.9 Å². The van der Waals surface area contributed by atoms with E-state index in [-0.39, 0.29) is 5.91 Å². The van der Waals surface area contributed by atoms with Gasteiger partial charge >= 0.3 is 0 Å². The molecule has 3 heterocycles. The molecule has 2 atom stereocenters. The smallest absolute Gasteiger partial charge is 0.230 e. The van der Waals surface area contributed by atoms with Gasteiger partial charge in [0.2, 0.25) is 5.91 Å². The van der Waals surface area contributed by atoms with E-state index in [1.807, 2.05) is 17.9 Å². The number of aryl methyl sites for hydroxylation is 1. The van der Waals surface area contributed by atoms with Crippen LogP contribution < -0.4 is 0 Å². The highest BCUT2D eigenvalue weighted by molar-refractivity contribution is 5.79. The van der Waals surface area contributed by atoms with E-state index in [4.69, 9.17) is 9.40 Å². The summed E-state index contributed by atoms with van der Waals surface area (Å²) in [5, 5.41) is 7.60. The number of hydrogen-bond acceptors (Lipinski definition) is 4. The Morgan fingerprint density at radius 1 is 1.32 bits per heavy atom. The van der Waals surface area contributed by atoms with Crippen LogP contribution in [0.4, 0.5) is 0 Å². The van der Waals surface area contributed by atoms with Gasteiger partial charge in [-0.1, -0.05) is 0 Å². The molecule has 132 valence electrons. The molecule has 2 saturated carbocycles. The number of aromatic amines is 1. The van der Waals surface area contributed by atoms with E-state index in [1.54, 1.807) is 6.26 Å². The van der Waals surface area contributed by atoms with Crippen molar-refractivity contribution in [1.29, 1.82) is 0 Å². The van der Waals surface area contributed by atoms with Crippen molar-refractivity contribution in [3.05, 3.63) is 35.3 Å². The van der Waals surface area contributed by atoms with Crippen LogP contribution in [-0.4, -0.2) is 39.1 Å². The van der Waals surface area contributed by atoms with E-state index < -0.39 is 0 Å². The first kappa shape index (κ1) is 15.2. The Morgan fingerprint density at radius 2 is 2.16 bits per heavy atom. The van der Waals surface area contributed by atoms with Gasteiger partial charge in [-0.05, 0) is 56.1 Å². The molecule has 5 rings (SSSR count). The lowest BCUT2D eigenvalue weighted by molar-refractivity contribution is -0.129. The average Bonchev–Trinajstić information content (AvgIpc) is 3.50. The molecule has 6 heteroatoms. The van der Waals surface area contributed by atoms with E-state index in [9.17, 15) is 4.79 Å². The SMILES string of the molecule is Cc1ccoc1CC(=O)N1C[C@H](c2nc(C3CC3)n[nH]2)[C@@H](C2CC2)C1. The van der Waals surface area contributed by atoms with Gasteiger partial charge in [0.25, 0.3) is 0 Å². The highest BCUT2D eigenvalue weighted by Crippen LogP contribution is 2.47. The van der Waals surface area contributed by atoms with Gasteiger partial charge in [-0.3, -0.25) is 9.89 Å². The fourth-order valence-corrected chi connectivity index (χ4v) is 4.14. The first-order chi connectivity index (χ1) is 12.2. The number of likely N-dealkylation sites (tertiary alicyclic amines) is 1. The van der Waals surface area contributed by atoms with Crippen molar-refractivity contribution < 1.29 is 9.21 Å². The van der Waals surface area contributed by atoms with Crippen molar-refractivity contribution in [2.24, 2.45) is 11.8 Å². The number of rotatable bonds is 5. The first-order valence-corrected chi connectivity index (χ1v) is 9.42. The minimum absolute atomic E-state index is 0.160. The molecule has 1 aliphatic heterocycles. The molecule has 0 unspecified atom stereocenters. The van der Waals surface area contributed by atoms with Crippen molar-refractivity contribution in [2.45, 2.75) is 50.9 Å². The van der Waals surface area contributed by atoms with Crippen molar-refractivity contribution in [3.63, 3.8) is 0 Å². The van der Waals surface area contributed by atoms with Crippen molar-refractivity contribution in [1.82, 2.24) is 20.1 Å². The van der Waals surface area contributed by atoms with E-state index in [2.05, 4.69) is 10.2 Å². The lowest BCUT2D eigenvalue weighted by Crippen LogP contribution is -2.30. The van der Waals surface area contributed by atoms with E-state index in [1.165, 1.54) is 25.7 Å². The number of carbonyl (C=O) groups excluding carboxylic acids is 1. The summed E-state index contributed by atoms with van der Waals surface area (Å²) in [5.74, 6) is 5.02. The number of aromatic nitrogens is 3. The van der Waals surface area contributed by atoms with Gasteiger partial charge < -0.3 is 9.32 Å². The molecule has 1 amide bonds. The predicted molar refractivity (Wildman–Crippen MR) is 91.0 cm³/mol. The topological polar surface area (TPSA) is 75.0 Å². The highest BCUT2D eigenvalue weighted by Gasteiger charge is 2.46. The van der Waals surface area contributed by atoms with Crippen LogP contribution in [0.2, 0.25) is 0 Å². The summed E-state index contributed by atoms with van der Waals surface area (Å²) in [6.45, 7) is 3.58. The van der Waals surface area contributed by atoms with Gasteiger partial charge in [0.1, 0.15) is 11.6 Å². The second-order valence-electron chi connectivity index (χ2n) is 7.96. The number of carbonyl (C=O) groups is 1. The van der Waals surface area contributed by atoms with Crippen LogP contribution in [0, 0.1) is 18.8 Å². The predicted octanol–water partition coefficient (Wildman–Crippen LogP) is 2.78. The lowest BCUT2D eigenvalue weighted by Gasteiger charge is -2.15. The standard InChI is InChI=1S/C19H24N4O2/c1-11-6-7-25-16(11)8-17(24)23-9-14(12-2-3-12)15(10-23)19-20-18(21-22-19)13-4-5-13/h6-7,12-15H,2-5,8-10H2,1H3,(H,20,21,22)/t14-,15+/m1/s1. The third kappa shape index (κ3) is 2.87. The molecule has 2 aliphatic carbocycles. The van der Waals surface area contributed by atoms with Crippen molar-refractivity contribution >= 4 is 5.91 Å². The molecule has 25 heavy (non-hydrogen) atoms. The molecule has 3 aliphatic rings. The zero-order valence-electron chi connectivity index (χ0n) is 14.6. The maximum atomic E-state index is 12.8. The number of nitrogens with one attached hydrogen (secondary N) is 1. The number of hydrogen-bond donors (Lipinski definition) is 1. The van der Waals surface area contributed by atoms with Crippen LogP contribution >= 0.6 is 0 Å². The van der Waals surface area contributed by atoms with Gasteiger partial charge in [0.15, 0.2) is 5.82 Å². The summed E-state index contributed by atoms with van der Waals surface area (Å²) >= 11 is 0. The minimum Gasteiger partial charge on any atom is -0.469 e. The van der Waals surface area contributed by atoms with Crippen LogP contribution in [0.1, 0.15) is 60.5 Å². The zero-order chi connectivity index (χ0) is 17.0. The lowest BCUT2D eigenvalue weighted by atomic mass is 9.91. The Hall–Kier alpha value is -2.11.